The first-order valence-corrected chi connectivity index (χ1v) is 9.54. The lowest BCUT2D eigenvalue weighted by atomic mass is 9.96. The Labute approximate surface area is 180 Å². The predicted octanol–water partition coefficient (Wildman–Crippen LogP) is 3.05. The minimum atomic E-state index is -0.729. The van der Waals surface area contributed by atoms with Crippen LogP contribution in [0.3, 0.4) is 0 Å². The first-order chi connectivity index (χ1) is 15.0. The summed E-state index contributed by atoms with van der Waals surface area (Å²) in [5.41, 5.74) is 2.71. The third-order valence-electron chi connectivity index (χ3n) is 4.28. The average Bonchev–Trinajstić information content (AvgIpc) is 2.80. The van der Waals surface area contributed by atoms with Crippen LogP contribution in [0.5, 0.6) is 11.5 Å². The number of anilines is 1. The second-order valence-electron chi connectivity index (χ2n) is 6.51. The minimum Gasteiger partial charge on any atom is -0.497 e. The number of amides is 2. The van der Waals surface area contributed by atoms with Crippen LogP contribution >= 0.6 is 0 Å². The van der Waals surface area contributed by atoms with Crippen LogP contribution in [-0.2, 0) is 9.53 Å². The molecular weight excluding hydrogens is 404 g/mol. The molecule has 9 heteroatoms. The summed E-state index contributed by atoms with van der Waals surface area (Å²) in [5, 5.41) is 20.2. The molecule has 0 saturated carbocycles. The van der Waals surface area contributed by atoms with Crippen LogP contribution in [0.4, 0.5) is 10.5 Å². The molecule has 4 N–H and O–H groups in total. The van der Waals surface area contributed by atoms with Gasteiger partial charge in [0.2, 0.25) is 0 Å². The van der Waals surface area contributed by atoms with E-state index in [2.05, 4.69) is 5.32 Å². The van der Waals surface area contributed by atoms with Gasteiger partial charge in [0.15, 0.2) is 0 Å². The number of rotatable bonds is 10. The van der Waals surface area contributed by atoms with E-state index in [0.29, 0.717) is 22.7 Å². The Morgan fingerprint density at radius 2 is 1.71 bits per heavy atom. The van der Waals surface area contributed by atoms with Crippen molar-refractivity contribution in [3.05, 3.63) is 66.2 Å². The Morgan fingerprint density at radius 3 is 2.29 bits per heavy atom. The van der Waals surface area contributed by atoms with E-state index in [9.17, 15) is 9.59 Å². The van der Waals surface area contributed by atoms with Gasteiger partial charge in [-0.15, -0.1) is 0 Å². The van der Waals surface area contributed by atoms with Crippen LogP contribution < -0.4 is 20.3 Å². The predicted molar refractivity (Wildman–Crippen MR) is 113 cm³/mol. The van der Waals surface area contributed by atoms with E-state index in [1.165, 1.54) is 11.6 Å². The van der Waals surface area contributed by atoms with Crippen LogP contribution in [0.1, 0.15) is 18.6 Å². The molecular formula is C22H26N2O7. The number of methoxy groups -OCH3 is 1. The molecule has 0 spiro atoms. The molecule has 2 atom stereocenters. The van der Waals surface area contributed by atoms with Gasteiger partial charge in [-0.2, -0.15) is 0 Å². The van der Waals surface area contributed by atoms with E-state index >= 15 is 0 Å². The number of hydrogen-bond donors (Lipinski definition) is 4. The molecule has 2 aromatic rings. The van der Waals surface area contributed by atoms with Crippen molar-refractivity contribution >= 4 is 17.7 Å². The fourth-order valence-corrected chi connectivity index (χ4v) is 2.71. The maximum Gasteiger partial charge on any atom is 0.412 e. The van der Waals surface area contributed by atoms with E-state index in [4.69, 9.17) is 24.5 Å². The molecule has 0 aliphatic heterocycles. The Balaban J connectivity index is 2.16. The van der Waals surface area contributed by atoms with Crippen molar-refractivity contribution in [1.29, 1.82) is 0 Å². The molecule has 0 unspecified atom stereocenters. The zero-order chi connectivity index (χ0) is 22.6. The molecule has 2 aromatic carbocycles. The highest BCUT2D eigenvalue weighted by molar-refractivity contribution is 5.86. The number of aliphatic hydroxyl groups is 1. The lowest BCUT2D eigenvalue weighted by Crippen LogP contribution is -2.22. The van der Waals surface area contributed by atoms with Gasteiger partial charge in [0, 0.05) is 17.7 Å². The molecule has 0 radical (unpaired) electrons. The number of carbonyl (C=O) groups is 2. The van der Waals surface area contributed by atoms with E-state index in [0.717, 1.165) is 6.08 Å². The quantitative estimate of drug-likeness (QED) is 0.259. The number of benzene rings is 2. The molecule has 9 nitrogen and oxygen atoms in total. The fraction of sp³-hybridized carbons (Fsp3) is 0.273. The highest BCUT2D eigenvalue weighted by Gasteiger charge is 2.22. The highest BCUT2D eigenvalue weighted by atomic mass is 16.6. The first-order valence-electron chi connectivity index (χ1n) is 9.54. The van der Waals surface area contributed by atoms with Gasteiger partial charge in [-0.25, -0.2) is 10.3 Å². The summed E-state index contributed by atoms with van der Waals surface area (Å²) in [4.78, 5) is 23.8. The van der Waals surface area contributed by atoms with Gasteiger partial charge in [0.05, 0.1) is 13.7 Å². The van der Waals surface area contributed by atoms with E-state index in [1.54, 1.807) is 62.6 Å². The highest BCUT2D eigenvalue weighted by Crippen LogP contribution is 2.29. The Morgan fingerprint density at radius 1 is 1.06 bits per heavy atom. The standard InChI is InChI=1S/C22H26N2O7/c1-15(3-12-20(26)24-28)21(16-4-8-19(9-5-16)30-14-13-25)31-22(27)23-17-6-10-18(29-2)11-7-17/h3-12,15,21,25,28H,13-14H2,1-2H3,(H,23,27)(H,24,26)/b12-3+/t15-,21+/m1/s1. The maximum atomic E-state index is 12.5. The number of nitrogens with one attached hydrogen (secondary N) is 2. The summed E-state index contributed by atoms with van der Waals surface area (Å²) in [6.45, 7) is 1.83. The third kappa shape index (κ3) is 7.65. The zero-order valence-electron chi connectivity index (χ0n) is 17.3. The lowest BCUT2D eigenvalue weighted by molar-refractivity contribution is -0.124. The summed E-state index contributed by atoms with van der Waals surface area (Å²) in [7, 11) is 1.55. The smallest absolute Gasteiger partial charge is 0.412 e. The number of carbonyl (C=O) groups excluding carboxylic acids is 2. The molecule has 2 amide bonds. The second-order valence-corrected chi connectivity index (χ2v) is 6.51. The number of hydrogen-bond acceptors (Lipinski definition) is 7. The van der Waals surface area contributed by atoms with Crippen LogP contribution in [0.2, 0.25) is 0 Å². The summed E-state index contributed by atoms with van der Waals surface area (Å²) >= 11 is 0. The molecule has 0 fully saturated rings. The summed E-state index contributed by atoms with van der Waals surface area (Å²) in [5.74, 6) is 0.118. The fourth-order valence-electron chi connectivity index (χ4n) is 2.71. The van der Waals surface area contributed by atoms with Crippen LogP contribution in [0.25, 0.3) is 0 Å². The molecule has 31 heavy (non-hydrogen) atoms. The van der Waals surface area contributed by atoms with Gasteiger partial charge in [-0.1, -0.05) is 25.1 Å². The normalized spacial score (nSPS) is 12.6. The van der Waals surface area contributed by atoms with Crippen molar-refractivity contribution in [2.75, 3.05) is 25.6 Å². The monoisotopic (exact) mass is 430 g/mol. The largest absolute Gasteiger partial charge is 0.497 e. The molecule has 0 aliphatic rings. The molecule has 0 saturated heterocycles. The molecule has 166 valence electrons. The summed E-state index contributed by atoms with van der Waals surface area (Å²) < 4.78 is 16.1. The van der Waals surface area contributed by atoms with Gasteiger partial charge in [-0.3, -0.25) is 15.3 Å². The van der Waals surface area contributed by atoms with E-state index in [1.807, 2.05) is 0 Å². The van der Waals surface area contributed by atoms with Gasteiger partial charge >= 0.3 is 6.09 Å². The molecule has 0 heterocycles. The SMILES string of the molecule is COc1ccc(NC(=O)O[C@H](c2ccc(OCCO)cc2)[C@H](C)/C=C/C(=O)NO)cc1. The van der Waals surface area contributed by atoms with Crippen molar-refractivity contribution in [3.63, 3.8) is 0 Å². The Hall–Kier alpha value is -3.56. The van der Waals surface area contributed by atoms with E-state index in [-0.39, 0.29) is 13.2 Å². The van der Waals surface area contributed by atoms with Crippen molar-refractivity contribution in [2.24, 2.45) is 5.92 Å². The average molecular weight is 430 g/mol. The van der Waals surface area contributed by atoms with Crippen LogP contribution in [0, 0.1) is 5.92 Å². The summed E-state index contributed by atoms with van der Waals surface area (Å²) in [6.07, 6.45) is 1.27. The Kier molecular flexibility index (Phi) is 9.34. The molecule has 2 rings (SSSR count). The van der Waals surface area contributed by atoms with Gasteiger partial charge < -0.3 is 19.3 Å². The van der Waals surface area contributed by atoms with Crippen molar-refractivity contribution < 1.29 is 34.1 Å². The number of aliphatic hydroxyl groups excluding tert-OH is 1. The lowest BCUT2D eigenvalue weighted by Gasteiger charge is -2.23. The van der Waals surface area contributed by atoms with Crippen molar-refractivity contribution in [1.82, 2.24) is 5.48 Å². The van der Waals surface area contributed by atoms with Gasteiger partial charge in [0.1, 0.15) is 24.2 Å². The Bertz CT molecular complexity index is 866. The minimum absolute atomic E-state index is 0.103. The first kappa shape index (κ1) is 23.7. The molecule has 0 aromatic heterocycles. The topological polar surface area (TPSA) is 126 Å². The van der Waals surface area contributed by atoms with E-state index < -0.39 is 24.0 Å². The van der Waals surface area contributed by atoms with Crippen molar-refractivity contribution in [3.8, 4) is 11.5 Å². The molecule has 0 bridgehead atoms. The maximum absolute atomic E-state index is 12.5. The van der Waals surface area contributed by atoms with Crippen molar-refractivity contribution in [2.45, 2.75) is 13.0 Å². The third-order valence-corrected chi connectivity index (χ3v) is 4.28. The van der Waals surface area contributed by atoms with Crippen LogP contribution in [0.15, 0.2) is 60.7 Å². The molecule has 0 aliphatic carbocycles. The second kappa shape index (κ2) is 12.2. The number of hydroxylamine groups is 1. The van der Waals surface area contributed by atoms with Gasteiger partial charge in [-0.05, 0) is 42.0 Å². The van der Waals surface area contributed by atoms with Crippen LogP contribution in [-0.4, -0.2) is 42.6 Å². The van der Waals surface area contributed by atoms with Gasteiger partial charge in [0.25, 0.3) is 5.91 Å². The zero-order valence-corrected chi connectivity index (χ0v) is 17.3. The number of ether oxygens (including phenoxy) is 3. The summed E-state index contributed by atoms with van der Waals surface area (Å²) in [6, 6.07) is 13.6.